The van der Waals surface area contributed by atoms with Crippen LogP contribution in [0.3, 0.4) is 0 Å². The molecule has 0 aromatic rings. The molecule has 2 rings (SSSR count). The average Bonchev–Trinajstić information content (AvgIpc) is 2.45. The summed E-state index contributed by atoms with van der Waals surface area (Å²) in [5.74, 6) is 0.319. The van der Waals surface area contributed by atoms with Gasteiger partial charge in [-0.2, -0.15) is 0 Å². The van der Waals surface area contributed by atoms with Crippen LogP contribution in [0.5, 0.6) is 0 Å². The van der Waals surface area contributed by atoms with Gasteiger partial charge in [0.25, 0.3) is 0 Å². The van der Waals surface area contributed by atoms with Crippen LogP contribution in [0.1, 0.15) is 27.7 Å². The Morgan fingerprint density at radius 1 is 1.33 bits per heavy atom. The topological polar surface area (TPSA) is 83.6 Å². The third-order valence-corrected chi connectivity index (χ3v) is 3.96. The Balaban J connectivity index is 2.23. The number of nitrogens with two attached hydrogens (primary N) is 1. The fourth-order valence-corrected chi connectivity index (χ4v) is 1.85. The van der Waals surface area contributed by atoms with Crippen molar-refractivity contribution in [1.29, 1.82) is 5.41 Å². The van der Waals surface area contributed by atoms with Crippen LogP contribution in [0.4, 0.5) is 0 Å². The van der Waals surface area contributed by atoms with Crippen LogP contribution in [-0.2, 0) is 9.31 Å². The van der Waals surface area contributed by atoms with Gasteiger partial charge in [-0.25, -0.2) is 0 Å². The van der Waals surface area contributed by atoms with Crippen molar-refractivity contribution in [2.24, 2.45) is 5.73 Å². The van der Waals surface area contributed by atoms with E-state index in [0.717, 1.165) is 0 Å². The maximum absolute atomic E-state index is 8.08. The predicted octanol–water partition coefficient (Wildman–Crippen LogP) is 0.256. The third kappa shape index (κ3) is 1.92. The molecule has 2 aliphatic heterocycles. The summed E-state index contributed by atoms with van der Waals surface area (Å²) in [5.41, 5.74) is 5.64. The fraction of sp³-hybridized carbons (Fsp3) is 0.727. The number of rotatable bonds is 1. The second-order valence-corrected chi connectivity index (χ2v) is 5.76. The largest absolute Gasteiger partial charge is 0.500 e. The minimum atomic E-state index is -0.537. The molecule has 0 saturated carbocycles. The number of hydrogen-bond donors (Lipinski definition) is 3. The molecular weight excluding hydrogens is 231 g/mol. The molecule has 18 heavy (non-hydrogen) atoms. The van der Waals surface area contributed by atoms with Gasteiger partial charge in [0.2, 0.25) is 0 Å². The average molecular weight is 252 g/mol. The molecule has 1 atom stereocenters. The molecule has 0 amide bonds. The van der Waals surface area contributed by atoms with Crippen molar-refractivity contribution in [3.05, 3.63) is 11.7 Å². The lowest BCUT2D eigenvalue weighted by molar-refractivity contribution is 0.00578. The third-order valence-electron chi connectivity index (χ3n) is 3.96. The number of likely N-dealkylation sites (N-methyl/N-ethyl adjacent to an activating group) is 1. The van der Waals surface area contributed by atoms with Crippen LogP contribution >= 0.6 is 0 Å². The molecule has 1 unspecified atom stereocenters. The van der Waals surface area contributed by atoms with Gasteiger partial charge in [0, 0.05) is 18.7 Å². The molecule has 1 saturated heterocycles. The van der Waals surface area contributed by atoms with Crippen LogP contribution in [0.2, 0.25) is 0 Å². The van der Waals surface area contributed by atoms with E-state index < -0.39 is 18.3 Å². The van der Waals surface area contributed by atoms with Crippen molar-refractivity contribution in [1.82, 2.24) is 10.2 Å². The highest BCUT2D eigenvalue weighted by Gasteiger charge is 2.53. The molecular formula is C11H21BN4O2. The summed E-state index contributed by atoms with van der Waals surface area (Å²) in [7, 11) is 1.23. The van der Waals surface area contributed by atoms with Crippen LogP contribution in [0, 0.1) is 5.41 Å². The Labute approximate surface area is 108 Å². The number of amidine groups is 1. The van der Waals surface area contributed by atoms with Gasteiger partial charge in [-0.15, -0.1) is 0 Å². The van der Waals surface area contributed by atoms with Gasteiger partial charge in [-0.05, 0) is 27.7 Å². The molecule has 1 fully saturated rings. The summed E-state index contributed by atoms with van der Waals surface area (Å²) >= 11 is 0. The Morgan fingerprint density at radius 2 is 1.83 bits per heavy atom. The molecule has 0 aromatic carbocycles. The Kier molecular flexibility index (Phi) is 2.96. The first-order valence-corrected chi connectivity index (χ1v) is 6.05. The maximum atomic E-state index is 8.08. The van der Waals surface area contributed by atoms with Gasteiger partial charge in [0.05, 0.1) is 11.2 Å². The zero-order valence-corrected chi connectivity index (χ0v) is 11.6. The molecule has 0 aromatic heterocycles. The zero-order valence-electron chi connectivity index (χ0n) is 11.6. The molecule has 0 aliphatic carbocycles. The summed E-state index contributed by atoms with van der Waals surface area (Å²) in [5, 5.41) is 11.1. The first-order chi connectivity index (χ1) is 8.16. The van der Waals surface area contributed by atoms with Crippen LogP contribution < -0.4 is 11.1 Å². The summed E-state index contributed by atoms with van der Waals surface area (Å²) < 4.78 is 11.8. The molecule has 6 nitrogen and oxygen atoms in total. The number of nitrogens with one attached hydrogen (secondary N) is 2. The molecule has 0 radical (unpaired) electrons. The van der Waals surface area contributed by atoms with Crippen molar-refractivity contribution >= 4 is 13.0 Å². The lowest BCUT2D eigenvalue weighted by Gasteiger charge is -2.33. The van der Waals surface area contributed by atoms with Gasteiger partial charge >= 0.3 is 7.12 Å². The van der Waals surface area contributed by atoms with E-state index in [4.69, 9.17) is 20.5 Å². The summed E-state index contributed by atoms with van der Waals surface area (Å²) in [6, 6.07) is 0. The lowest BCUT2D eigenvalue weighted by atomic mass is 9.77. The van der Waals surface area contributed by atoms with E-state index in [1.165, 1.54) is 0 Å². The van der Waals surface area contributed by atoms with Gasteiger partial charge in [0.15, 0.2) is 6.29 Å². The first kappa shape index (κ1) is 13.4. The predicted molar refractivity (Wildman–Crippen MR) is 70.8 cm³/mol. The molecule has 2 aliphatic rings. The summed E-state index contributed by atoms with van der Waals surface area (Å²) in [4.78, 5) is 1.64. The highest BCUT2D eigenvalue weighted by Crippen LogP contribution is 2.38. The zero-order chi connectivity index (χ0) is 13.7. The van der Waals surface area contributed by atoms with Crippen molar-refractivity contribution in [3.63, 3.8) is 0 Å². The van der Waals surface area contributed by atoms with E-state index in [2.05, 4.69) is 5.32 Å². The minimum absolute atomic E-state index is 0.319. The molecule has 0 bridgehead atoms. The van der Waals surface area contributed by atoms with Gasteiger partial charge in [-0.1, -0.05) is 0 Å². The Morgan fingerprint density at radius 3 is 2.33 bits per heavy atom. The standard InChI is InChI=1S/C11H21BN4O2/c1-10(2)11(3,4)18-12(17-10)7-6-15-9(14)16(5)8(7)13/h6,9,13,15H,14H2,1-5H3. The van der Waals surface area contributed by atoms with E-state index >= 15 is 0 Å². The minimum Gasteiger partial charge on any atom is -0.399 e. The highest BCUT2D eigenvalue weighted by molar-refractivity contribution is 6.62. The Bertz CT molecular complexity index is 392. The SMILES string of the molecule is CN1C(=N)C(B2OC(C)(C)C(C)(C)O2)=CNC1N. The smallest absolute Gasteiger partial charge is 0.399 e. The second kappa shape index (κ2) is 3.98. The Hall–Kier alpha value is -1.05. The first-order valence-electron chi connectivity index (χ1n) is 6.05. The van der Waals surface area contributed by atoms with Crippen LogP contribution in [0.15, 0.2) is 11.7 Å². The van der Waals surface area contributed by atoms with Gasteiger partial charge in [-0.3, -0.25) is 11.1 Å². The maximum Gasteiger partial charge on any atom is 0.500 e. The van der Waals surface area contributed by atoms with Gasteiger partial charge in [0.1, 0.15) is 5.84 Å². The summed E-state index contributed by atoms with van der Waals surface area (Å²) in [6.07, 6.45) is 1.32. The molecule has 100 valence electrons. The quantitative estimate of drug-likeness (QED) is 0.583. The van der Waals surface area contributed by atoms with Crippen molar-refractivity contribution in [2.75, 3.05) is 7.05 Å². The lowest BCUT2D eigenvalue weighted by Crippen LogP contribution is -2.56. The number of nitrogens with zero attached hydrogens (tertiary/aromatic N) is 1. The fourth-order valence-electron chi connectivity index (χ4n) is 1.85. The van der Waals surface area contributed by atoms with E-state index in [9.17, 15) is 0 Å². The van der Waals surface area contributed by atoms with Crippen LogP contribution in [-0.4, -0.2) is 42.4 Å². The molecule has 0 spiro atoms. The van der Waals surface area contributed by atoms with Gasteiger partial charge < -0.3 is 19.5 Å². The highest BCUT2D eigenvalue weighted by atomic mass is 16.7. The molecule has 4 N–H and O–H groups in total. The second-order valence-electron chi connectivity index (χ2n) is 5.76. The van der Waals surface area contributed by atoms with E-state index in [0.29, 0.717) is 11.3 Å². The van der Waals surface area contributed by atoms with E-state index in [1.54, 1.807) is 18.1 Å². The van der Waals surface area contributed by atoms with E-state index in [1.807, 2.05) is 27.7 Å². The van der Waals surface area contributed by atoms with Crippen LogP contribution in [0.25, 0.3) is 0 Å². The summed E-state index contributed by atoms with van der Waals surface area (Å²) in [6.45, 7) is 7.96. The molecule has 7 heteroatoms. The molecule has 2 heterocycles. The van der Waals surface area contributed by atoms with E-state index in [-0.39, 0.29) is 6.29 Å². The van der Waals surface area contributed by atoms with Crippen molar-refractivity contribution in [3.8, 4) is 0 Å². The normalized spacial score (nSPS) is 30.2. The monoisotopic (exact) mass is 252 g/mol. The number of hydrogen-bond acceptors (Lipinski definition) is 5. The van der Waals surface area contributed by atoms with Crippen molar-refractivity contribution < 1.29 is 9.31 Å². The van der Waals surface area contributed by atoms with Crippen molar-refractivity contribution in [2.45, 2.75) is 45.2 Å².